The summed E-state index contributed by atoms with van der Waals surface area (Å²) < 4.78 is 20.5. The zero-order valence-corrected chi connectivity index (χ0v) is 13.8. The van der Waals surface area contributed by atoms with Crippen molar-refractivity contribution in [3.8, 4) is 17.2 Å². The van der Waals surface area contributed by atoms with Gasteiger partial charge in [-0.15, -0.1) is 0 Å². The van der Waals surface area contributed by atoms with Crippen molar-refractivity contribution in [3.05, 3.63) is 59.4 Å². The number of carbonyl (C=O) groups excluding carboxylic acids is 2. The number of fused-ring (bicyclic) bond motifs is 1. The Morgan fingerprint density at radius 3 is 2.48 bits per heavy atom. The van der Waals surface area contributed by atoms with E-state index in [1.54, 1.807) is 55.7 Å². The number of ether oxygens (including phenoxy) is 4. The zero-order valence-electron chi connectivity index (χ0n) is 13.8. The van der Waals surface area contributed by atoms with Crippen molar-refractivity contribution in [1.82, 2.24) is 0 Å². The van der Waals surface area contributed by atoms with E-state index >= 15 is 0 Å². The van der Waals surface area contributed by atoms with Crippen molar-refractivity contribution in [2.24, 2.45) is 0 Å². The number of Topliss-reactive ketones (excluding diaryl/α,β-unsaturated/α-hetero) is 1. The summed E-state index contributed by atoms with van der Waals surface area (Å²) in [6, 6.07) is 12.0. The van der Waals surface area contributed by atoms with Crippen molar-refractivity contribution in [1.29, 1.82) is 0 Å². The van der Waals surface area contributed by atoms with Gasteiger partial charge in [-0.1, -0.05) is 12.1 Å². The summed E-state index contributed by atoms with van der Waals surface area (Å²) in [5.74, 6) is 1.24. The lowest BCUT2D eigenvalue weighted by Gasteiger charge is -2.05. The van der Waals surface area contributed by atoms with Crippen LogP contribution in [0.15, 0.2) is 48.2 Å². The fourth-order valence-corrected chi connectivity index (χ4v) is 2.31. The van der Waals surface area contributed by atoms with Crippen LogP contribution in [-0.4, -0.2) is 32.6 Å². The molecule has 0 aliphatic carbocycles. The second-order valence-corrected chi connectivity index (χ2v) is 5.24. The molecule has 1 heterocycles. The van der Waals surface area contributed by atoms with Gasteiger partial charge in [0.25, 0.3) is 0 Å². The fourth-order valence-electron chi connectivity index (χ4n) is 2.31. The minimum atomic E-state index is -0.454. The largest absolute Gasteiger partial charge is 0.497 e. The van der Waals surface area contributed by atoms with Crippen LogP contribution in [0.25, 0.3) is 6.08 Å². The Balaban J connectivity index is 1.73. The number of methoxy groups -OCH3 is 2. The Labute approximate surface area is 144 Å². The van der Waals surface area contributed by atoms with Gasteiger partial charge in [0.15, 0.2) is 12.4 Å². The quantitative estimate of drug-likeness (QED) is 0.616. The molecule has 3 rings (SSSR count). The molecule has 0 N–H and O–H groups in total. The summed E-state index contributed by atoms with van der Waals surface area (Å²) in [6.07, 6.45) is 1.65. The number of rotatable bonds is 5. The Morgan fingerprint density at radius 2 is 1.80 bits per heavy atom. The van der Waals surface area contributed by atoms with Gasteiger partial charge in [0.1, 0.15) is 17.2 Å². The third-order valence-electron chi connectivity index (χ3n) is 3.64. The van der Waals surface area contributed by atoms with Gasteiger partial charge in [0.05, 0.1) is 19.8 Å². The second kappa shape index (κ2) is 7.09. The molecule has 0 atom stereocenters. The first-order chi connectivity index (χ1) is 12.1. The monoisotopic (exact) mass is 340 g/mol. The van der Waals surface area contributed by atoms with Crippen LogP contribution < -0.4 is 14.2 Å². The lowest BCUT2D eigenvalue weighted by Crippen LogP contribution is -2.12. The third-order valence-corrected chi connectivity index (χ3v) is 3.64. The maximum atomic E-state index is 12.4. The first-order valence-corrected chi connectivity index (χ1v) is 7.52. The molecular formula is C19H16O6. The van der Waals surface area contributed by atoms with Crippen LogP contribution in [0.5, 0.6) is 17.2 Å². The molecule has 1 aliphatic heterocycles. The molecule has 128 valence electrons. The topological polar surface area (TPSA) is 71.1 Å². The molecule has 0 unspecified atom stereocenters. The van der Waals surface area contributed by atoms with Gasteiger partial charge in [-0.05, 0) is 35.9 Å². The highest BCUT2D eigenvalue weighted by atomic mass is 16.6. The van der Waals surface area contributed by atoms with Crippen LogP contribution in [0, 0.1) is 0 Å². The van der Waals surface area contributed by atoms with Crippen LogP contribution in [-0.2, 0) is 9.53 Å². The molecule has 0 saturated carbocycles. The molecule has 0 bridgehead atoms. The van der Waals surface area contributed by atoms with Crippen LogP contribution in [0.3, 0.4) is 0 Å². The molecule has 2 aromatic carbocycles. The van der Waals surface area contributed by atoms with Gasteiger partial charge in [-0.3, -0.25) is 4.79 Å². The number of hydrogen-bond acceptors (Lipinski definition) is 6. The average Bonchev–Trinajstić information content (AvgIpc) is 2.95. The Bertz CT molecular complexity index is 835. The predicted octanol–water partition coefficient (Wildman–Crippen LogP) is 2.86. The van der Waals surface area contributed by atoms with Gasteiger partial charge < -0.3 is 18.9 Å². The minimum Gasteiger partial charge on any atom is -0.497 e. The minimum absolute atomic E-state index is 0.157. The molecule has 0 amide bonds. The number of hydrogen-bond donors (Lipinski definition) is 0. The van der Waals surface area contributed by atoms with Crippen LogP contribution in [0.2, 0.25) is 0 Å². The maximum Gasteiger partial charge on any atom is 0.343 e. The number of allylic oxidation sites excluding steroid dienone is 1. The molecule has 0 radical (unpaired) electrons. The van der Waals surface area contributed by atoms with Crippen LogP contribution in [0.4, 0.5) is 0 Å². The summed E-state index contributed by atoms with van der Waals surface area (Å²) >= 11 is 0. The lowest BCUT2D eigenvalue weighted by atomic mass is 10.1. The van der Waals surface area contributed by atoms with Gasteiger partial charge >= 0.3 is 5.97 Å². The molecule has 6 heteroatoms. The summed E-state index contributed by atoms with van der Waals surface area (Å²) in [5.41, 5.74) is 1.28. The fraction of sp³-hybridized carbons (Fsp3) is 0.158. The van der Waals surface area contributed by atoms with E-state index in [1.807, 2.05) is 0 Å². The first kappa shape index (κ1) is 16.6. The van der Waals surface area contributed by atoms with Crippen LogP contribution >= 0.6 is 0 Å². The van der Waals surface area contributed by atoms with E-state index in [2.05, 4.69) is 4.74 Å². The van der Waals surface area contributed by atoms with Gasteiger partial charge in [0.2, 0.25) is 5.78 Å². The van der Waals surface area contributed by atoms with E-state index in [-0.39, 0.29) is 18.1 Å². The second-order valence-electron chi connectivity index (χ2n) is 5.24. The van der Waals surface area contributed by atoms with E-state index in [0.29, 0.717) is 22.8 Å². The highest BCUT2D eigenvalue weighted by molar-refractivity contribution is 6.14. The molecular weight excluding hydrogens is 324 g/mol. The molecule has 0 fully saturated rings. The summed E-state index contributed by atoms with van der Waals surface area (Å²) in [6.45, 7) is -0.157. The van der Waals surface area contributed by atoms with Crippen molar-refractivity contribution < 1.29 is 28.5 Å². The molecule has 2 aromatic rings. The van der Waals surface area contributed by atoms with E-state index in [4.69, 9.17) is 14.2 Å². The van der Waals surface area contributed by atoms with Crippen LogP contribution in [0.1, 0.15) is 15.9 Å². The molecule has 25 heavy (non-hydrogen) atoms. The Kier molecular flexibility index (Phi) is 4.70. The predicted molar refractivity (Wildman–Crippen MR) is 89.9 cm³/mol. The average molecular weight is 340 g/mol. The maximum absolute atomic E-state index is 12.4. The van der Waals surface area contributed by atoms with Gasteiger partial charge in [-0.2, -0.15) is 0 Å². The van der Waals surface area contributed by atoms with Crippen molar-refractivity contribution in [2.75, 3.05) is 20.8 Å². The third kappa shape index (κ3) is 3.63. The van der Waals surface area contributed by atoms with Crippen molar-refractivity contribution in [3.63, 3.8) is 0 Å². The van der Waals surface area contributed by atoms with E-state index in [9.17, 15) is 9.59 Å². The van der Waals surface area contributed by atoms with E-state index < -0.39 is 5.97 Å². The van der Waals surface area contributed by atoms with Crippen molar-refractivity contribution >= 4 is 17.8 Å². The van der Waals surface area contributed by atoms with E-state index in [1.165, 1.54) is 7.11 Å². The number of benzene rings is 2. The standard InChI is InChI=1S/C19H16O6/c1-22-14-7-8-15-16(10-14)25-17(19(15)21)9-12-3-5-13(6-4-12)24-11-18(20)23-2/h3-10H,11H2,1-2H3. The molecule has 0 aromatic heterocycles. The molecule has 0 spiro atoms. The van der Waals surface area contributed by atoms with E-state index in [0.717, 1.165) is 5.56 Å². The normalized spacial score (nSPS) is 14.0. The zero-order chi connectivity index (χ0) is 17.8. The lowest BCUT2D eigenvalue weighted by molar-refractivity contribution is -0.142. The summed E-state index contributed by atoms with van der Waals surface area (Å²) in [4.78, 5) is 23.4. The Hall–Kier alpha value is -3.28. The number of esters is 1. The molecule has 6 nitrogen and oxygen atoms in total. The molecule has 1 aliphatic rings. The highest BCUT2D eigenvalue weighted by Crippen LogP contribution is 2.34. The van der Waals surface area contributed by atoms with Crippen molar-refractivity contribution in [2.45, 2.75) is 0 Å². The first-order valence-electron chi connectivity index (χ1n) is 7.52. The Morgan fingerprint density at radius 1 is 1.08 bits per heavy atom. The summed E-state index contributed by atoms with van der Waals surface area (Å²) in [5, 5.41) is 0. The smallest absolute Gasteiger partial charge is 0.343 e. The summed E-state index contributed by atoms with van der Waals surface area (Å²) in [7, 11) is 2.85. The molecule has 0 saturated heterocycles. The number of carbonyl (C=O) groups is 2. The van der Waals surface area contributed by atoms with Gasteiger partial charge in [0, 0.05) is 6.07 Å². The highest BCUT2D eigenvalue weighted by Gasteiger charge is 2.27. The SMILES string of the molecule is COC(=O)COc1ccc(C=C2Oc3cc(OC)ccc3C2=O)cc1. The number of ketones is 1. The van der Waals surface area contributed by atoms with Gasteiger partial charge in [-0.25, -0.2) is 4.79 Å².